The summed E-state index contributed by atoms with van der Waals surface area (Å²) in [6, 6.07) is 4.94. The lowest BCUT2D eigenvalue weighted by molar-refractivity contribution is -0.384. The number of nitro groups is 1. The number of nitro benzene ring substituents is 1. The molecule has 1 N–H and O–H groups in total. The normalized spacial score (nSPS) is 16.6. The van der Waals surface area contributed by atoms with Gasteiger partial charge in [0.15, 0.2) is 14.0 Å². The van der Waals surface area contributed by atoms with Crippen LogP contribution in [0, 0.1) is 10.1 Å². The Balaban J connectivity index is 3.13. The summed E-state index contributed by atoms with van der Waals surface area (Å²) in [5, 5.41) is 20.6. The van der Waals surface area contributed by atoms with E-state index in [1.54, 1.807) is 0 Å². The van der Waals surface area contributed by atoms with E-state index in [9.17, 15) is 23.6 Å². The predicted octanol–water partition coefficient (Wildman–Crippen LogP) is 2.02. The van der Waals surface area contributed by atoms with E-state index >= 15 is 0 Å². The highest BCUT2D eigenvalue weighted by Crippen LogP contribution is 2.37. The minimum absolute atomic E-state index is 0.148. The minimum atomic E-state index is -3.69. The first kappa shape index (κ1) is 15.9. The maximum atomic E-state index is 11.8. The molecule has 0 unspecified atom stereocenters. The zero-order valence-electron chi connectivity index (χ0n) is 10.4. The summed E-state index contributed by atoms with van der Waals surface area (Å²) in [7, 11) is -3.69. The molecule has 1 aromatic carbocycles. The van der Waals surface area contributed by atoms with Crippen molar-refractivity contribution in [1.82, 2.24) is 0 Å². The van der Waals surface area contributed by atoms with Gasteiger partial charge in [0.25, 0.3) is 5.69 Å². The number of aliphatic hydroxyl groups excluding tert-OH is 1. The summed E-state index contributed by atoms with van der Waals surface area (Å²) in [6.45, 7) is 2.64. The van der Waals surface area contributed by atoms with Gasteiger partial charge in [0, 0.05) is 17.9 Å². The number of benzene rings is 1. The van der Waals surface area contributed by atoms with Gasteiger partial charge in [0.1, 0.15) is 6.10 Å². The Morgan fingerprint density at radius 2 is 1.89 bits per heavy atom. The number of alkyl halides is 1. The topological polar surface area (TPSA) is 97.5 Å². The molecule has 2 atom stereocenters. The Labute approximate surface area is 116 Å². The molecule has 0 saturated carbocycles. The van der Waals surface area contributed by atoms with Gasteiger partial charge in [-0.05, 0) is 24.6 Å². The standard InChI is InChI=1S/C11H14ClNO5S/c1-3-19(17,18)11(2,12)10(14)8-4-6-9(7-5-8)13(15)16/h4-7,10,14H,3H2,1-2H3/t10-,11+/m0/s1. The van der Waals surface area contributed by atoms with E-state index in [1.807, 2.05) is 0 Å². The van der Waals surface area contributed by atoms with E-state index in [2.05, 4.69) is 0 Å². The lowest BCUT2D eigenvalue weighted by Crippen LogP contribution is -2.37. The van der Waals surface area contributed by atoms with Gasteiger partial charge in [-0.3, -0.25) is 10.1 Å². The molecule has 6 nitrogen and oxygen atoms in total. The van der Waals surface area contributed by atoms with Gasteiger partial charge in [-0.2, -0.15) is 0 Å². The second-order valence-electron chi connectivity index (χ2n) is 4.14. The van der Waals surface area contributed by atoms with Gasteiger partial charge in [-0.1, -0.05) is 18.5 Å². The Kier molecular flexibility index (Phi) is 4.54. The fourth-order valence-corrected chi connectivity index (χ4v) is 3.02. The molecule has 0 spiro atoms. The van der Waals surface area contributed by atoms with E-state index in [0.29, 0.717) is 0 Å². The van der Waals surface area contributed by atoms with Crippen molar-refractivity contribution in [2.45, 2.75) is 24.2 Å². The largest absolute Gasteiger partial charge is 0.385 e. The molecular formula is C11H14ClNO5S. The summed E-state index contributed by atoms with van der Waals surface area (Å²) >= 11 is 5.94. The second kappa shape index (κ2) is 5.44. The van der Waals surface area contributed by atoms with Crippen LogP contribution in [-0.2, 0) is 9.84 Å². The molecular weight excluding hydrogens is 294 g/mol. The molecule has 0 aromatic heterocycles. The molecule has 8 heteroatoms. The fourth-order valence-electron chi connectivity index (χ4n) is 1.53. The smallest absolute Gasteiger partial charge is 0.269 e. The van der Waals surface area contributed by atoms with E-state index in [-0.39, 0.29) is 17.0 Å². The molecule has 1 aromatic rings. The van der Waals surface area contributed by atoms with E-state index in [0.717, 1.165) is 0 Å². The first-order chi connectivity index (χ1) is 8.63. The minimum Gasteiger partial charge on any atom is -0.385 e. The number of sulfone groups is 1. The molecule has 0 bridgehead atoms. The first-order valence-electron chi connectivity index (χ1n) is 5.47. The van der Waals surface area contributed by atoms with Crippen LogP contribution in [0.15, 0.2) is 24.3 Å². The van der Waals surface area contributed by atoms with Crippen LogP contribution in [0.1, 0.15) is 25.5 Å². The van der Waals surface area contributed by atoms with Gasteiger partial charge < -0.3 is 5.11 Å². The maximum Gasteiger partial charge on any atom is 0.269 e. The van der Waals surface area contributed by atoms with Crippen molar-refractivity contribution >= 4 is 27.1 Å². The first-order valence-corrected chi connectivity index (χ1v) is 7.50. The van der Waals surface area contributed by atoms with E-state index in [1.165, 1.54) is 38.1 Å². The molecule has 1 rings (SSSR count). The van der Waals surface area contributed by atoms with Crippen LogP contribution in [0.5, 0.6) is 0 Å². The molecule has 0 aliphatic rings. The van der Waals surface area contributed by atoms with Crippen molar-refractivity contribution in [1.29, 1.82) is 0 Å². The molecule has 0 radical (unpaired) electrons. The molecule has 106 valence electrons. The molecule has 0 heterocycles. The summed E-state index contributed by atoms with van der Waals surface area (Å²) < 4.78 is 21.7. The van der Waals surface area contributed by atoms with Crippen LogP contribution >= 0.6 is 11.6 Å². The Morgan fingerprint density at radius 3 is 2.26 bits per heavy atom. The second-order valence-corrected chi connectivity index (χ2v) is 7.80. The van der Waals surface area contributed by atoms with E-state index in [4.69, 9.17) is 11.6 Å². The third kappa shape index (κ3) is 3.05. The predicted molar refractivity (Wildman–Crippen MR) is 71.8 cm³/mol. The number of hydrogen-bond acceptors (Lipinski definition) is 5. The summed E-state index contributed by atoms with van der Waals surface area (Å²) in [4.78, 5) is 9.92. The highest BCUT2D eigenvalue weighted by molar-refractivity contribution is 7.94. The fraction of sp³-hybridized carbons (Fsp3) is 0.455. The lowest BCUT2D eigenvalue weighted by atomic mass is 10.1. The Hall–Kier alpha value is -1.18. The lowest BCUT2D eigenvalue weighted by Gasteiger charge is -2.27. The number of hydrogen-bond donors (Lipinski definition) is 1. The number of nitrogens with zero attached hydrogens (tertiary/aromatic N) is 1. The Bertz CT molecular complexity index is 567. The number of rotatable bonds is 5. The molecule has 0 amide bonds. The van der Waals surface area contributed by atoms with Crippen LogP contribution < -0.4 is 0 Å². The monoisotopic (exact) mass is 307 g/mol. The molecule has 0 aliphatic carbocycles. The highest BCUT2D eigenvalue weighted by Gasteiger charge is 2.43. The van der Waals surface area contributed by atoms with Crippen LogP contribution in [0.25, 0.3) is 0 Å². The molecule has 0 aliphatic heterocycles. The average molecular weight is 308 g/mol. The average Bonchev–Trinajstić information content (AvgIpc) is 2.37. The molecule has 19 heavy (non-hydrogen) atoms. The Morgan fingerprint density at radius 1 is 1.42 bits per heavy atom. The third-order valence-corrected chi connectivity index (χ3v) is 6.01. The van der Waals surface area contributed by atoms with Gasteiger partial charge in [0.2, 0.25) is 0 Å². The van der Waals surface area contributed by atoms with Crippen molar-refractivity contribution in [3.8, 4) is 0 Å². The number of aliphatic hydroxyl groups is 1. The summed E-state index contributed by atoms with van der Waals surface area (Å²) in [6.07, 6.45) is -1.47. The van der Waals surface area contributed by atoms with Crippen LogP contribution in [0.2, 0.25) is 0 Å². The van der Waals surface area contributed by atoms with Crippen molar-refractivity contribution in [2.75, 3.05) is 5.75 Å². The van der Waals surface area contributed by atoms with E-state index < -0.39 is 25.1 Å². The number of non-ortho nitro benzene ring substituents is 1. The SMILES string of the molecule is CCS(=O)(=O)[C@@](C)(Cl)[C@@H](O)c1ccc([N+](=O)[O-])cc1. The van der Waals surface area contributed by atoms with Gasteiger partial charge >= 0.3 is 0 Å². The van der Waals surface area contributed by atoms with Crippen LogP contribution in [0.4, 0.5) is 5.69 Å². The van der Waals surface area contributed by atoms with Crippen LogP contribution in [0.3, 0.4) is 0 Å². The third-order valence-electron chi connectivity index (χ3n) is 2.90. The zero-order valence-corrected chi connectivity index (χ0v) is 12.0. The van der Waals surface area contributed by atoms with Gasteiger partial charge in [-0.25, -0.2) is 8.42 Å². The molecule has 0 saturated heterocycles. The quantitative estimate of drug-likeness (QED) is 0.510. The highest BCUT2D eigenvalue weighted by atomic mass is 35.5. The maximum absolute atomic E-state index is 11.8. The van der Waals surface area contributed by atoms with Crippen molar-refractivity contribution < 1.29 is 18.4 Å². The van der Waals surface area contributed by atoms with Crippen LogP contribution in [-0.4, -0.2) is 28.4 Å². The number of halogens is 1. The summed E-state index contributed by atoms with van der Waals surface area (Å²) in [5.41, 5.74) is 0.0608. The summed E-state index contributed by atoms with van der Waals surface area (Å²) in [5.74, 6) is -0.211. The van der Waals surface area contributed by atoms with Crippen molar-refractivity contribution in [3.05, 3.63) is 39.9 Å². The van der Waals surface area contributed by atoms with Crippen molar-refractivity contribution in [2.24, 2.45) is 0 Å². The molecule has 0 fully saturated rings. The van der Waals surface area contributed by atoms with Crippen molar-refractivity contribution in [3.63, 3.8) is 0 Å². The van der Waals surface area contributed by atoms with Gasteiger partial charge in [0.05, 0.1) is 4.92 Å². The zero-order chi connectivity index (χ0) is 14.8. The van der Waals surface area contributed by atoms with Gasteiger partial charge in [-0.15, -0.1) is 0 Å².